The maximum absolute atomic E-state index is 12.9. The lowest BCUT2D eigenvalue weighted by molar-refractivity contribution is -0.118. The summed E-state index contributed by atoms with van der Waals surface area (Å²) in [5.41, 5.74) is 4.83. The summed E-state index contributed by atoms with van der Waals surface area (Å²) in [6.07, 6.45) is 0.364. The molecule has 0 fully saturated rings. The molecule has 0 spiro atoms. The number of hydrogen-bond donors (Lipinski definition) is 3. The summed E-state index contributed by atoms with van der Waals surface area (Å²) in [5.74, 6) is -1.64. The SMILES string of the molecule is CCC[C@H](NC(=O)OCC1c2ccccc2-c2ccccc21)C(=O)Nc1cc(C(=O)O)ccc1Br. The maximum atomic E-state index is 12.9. The number of anilines is 1. The predicted octanol–water partition coefficient (Wildman–Crippen LogP) is 5.79. The van der Waals surface area contributed by atoms with E-state index in [1.54, 1.807) is 6.07 Å². The summed E-state index contributed by atoms with van der Waals surface area (Å²) in [4.78, 5) is 36.9. The van der Waals surface area contributed by atoms with Crippen LogP contribution in [0.4, 0.5) is 10.5 Å². The Morgan fingerprint density at radius 3 is 2.23 bits per heavy atom. The van der Waals surface area contributed by atoms with E-state index >= 15 is 0 Å². The van der Waals surface area contributed by atoms with E-state index in [1.807, 2.05) is 43.3 Å². The predicted molar refractivity (Wildman–Crippen MR) is 137 cm³/mol. The quantitative estimate of drug-likeness (QED) is 0.337. The van der Waals surface area contributed by atoms with Gasteiger partial charge in [0.2, 0.25) is 5.91 Å². The van der Waals surface area contributed by atoms with E-state index in [1.165, 1.54) is 12.1 Å². The third kappa shape index (κ3) is 5.38. The largest absolute Gasteiger partial charge is 0.478 e. The Bertz CT molecular complexity index is 1230. The van der Waals surface area contributed by atoms with Gasteiger partial charge in [-0.3, -0.25) is 4.79 Å². The molecule has 8 heteroatoms. The van der Waals surface area contributed by atoms with E-state index < -0.39 is 24.0 Å². The van der Waals surface area contributed by atoms with Crippen LogP contribution in [0.2, 0.25) is 0 Å². The summed E-state index contributed by atoms with van der Waals surface area (Å²) in [5, 5.41) is 14.6. The second kappa shape index (κ2) is 10.7. The number of rotatable bonds is 8. The lowest BCUT2D eigenvalue weighted by Gasteiger charge is -2.20. The van der Waals surface area contributed by atoms with E-state index in [2.05, 4.69) is 38.7 Å². The molecular formula is C27H25BrN2O5. The van der Waals surface area contributed by atoms with Crippen LogP contribution >= 0.6 is 15.9 Å². The molecule has 0 bridgehead atoms. The van der Waals surface area contributed by atoms with Gasteiger partial charge in [-0.25, -0.2) is 9.59 Å². The van der Waals surface area contributed by atoms with Crippen molar-refractivity contribution in [1.29, 1.82) is 0 Å². The topological polar surface area (TPSA) is 105 Å². The standard InChI is InChI=1S/C27H25BrN2O5/c1-2-7-23(25(31)29-24-14-16(26(32)33)12-13-22(24)28)30-27(34)35-15-21-19-10-5-3-8-17(19)18-9-4-6-11-20(18)21/h3-6,8-14,21,23H,2,7,15H2,1H3,(H,29,31)(H,30,34)(H,32,33)/t23-/m0/s1. The number of alkyl carbamates (subject to hydrolysis) is 1. The van der Waals surface area contributed by atoms with Crippen LogP contribution in [-0.4, -0.2) is 35.7 Å². The van der Waals surface area contributed by atoms with Gasteiger partial charge in [-0.05, 0) is 62.8 Å². The molecule has 0 aromatic heterocycles. The van der Waals surface area contributed by atoms with Gasteiger partial charge in [0.05, 0.1) is 11.3 Å². The molecule has 2 amide bonds. The van der Waals surface area contributed by atoms with Crippen LogP contribution in [0.15, 0.2) is 71.2 Å². The van der Waals surface area contributed by atoms with Gasteiger partial charge in [0.15, 0.2) is 0 Å². The van der Waals surface area contributed by atoms with Gasteiger partial charge >= 0.3 is 12.1 Å². The highest BCUT2D eigenvalue weighted by Gasteiger charge is 2.29. The number of carbonyl (C=O) groups is 3. The molecule has 1 aliphatic rings. The lowest BCUT2D eigenvalue weighted by Crippen LogP contribution is -2.44. The Morgan fingerprint density at radius 2 is 1.63 bits per heavy atom. The Balaban J connectivity index is 1.42. The number of ether oxygens (including phenoxy) is 1. The van der Waals surface area contributed by atoms with E-state index in [4.69, 9.17) is 4.74 Å². The van der Waals surface area contributed by atoms with Crippen molar-refractivity contribution in [3.8, 4) is 11.1 Å². The minimum atomic E-state index is -1.10. The average Bonchev–Trinajstić information content (AvgIpc) is 3.17. The Morgan fingerprint density at radius 1 is 1.00 bits per heavy atom. The second-order valence-electron chi connectivity index (χ2n) is 8.30. The number of aromatic carboxylic acids is 1. The fraction of sp³-hybridized carbons (Fsp3) is 0.222. The van der Waals surface area contributed by atoms with Crippen molar-refractivity contribution in [3.05, 3.63) is 87.9 Å². The maximum Gasteiger partial charge on any atom is 0.407 e. The first-order chi connectivity index (χ1) is 16.9. The Hall–Kier alpha value is -3.65. The zero-order chi connectivity index (χ0) is 24.9. The molecule has 3 aromatic rings. The van der Waals surface area contributed by atoms with Crippen LogP contribution in [0.25, 0.3) is 11.1 Å². The number of carboxylic acids is 1. The monoisotopic (exact) mass is 536 g/mol. The van der Waals surface area contributed by atoms with Crippen molar-refractivity contribution in [3.63, 3.8) is 0 Å². The zero-order valence-electron chi connectivity index (χ0n) is 19.1. The molecule has 0 aliphatic heterocycles. The van der Waals surface area contributed by atoms with Crippen LogP contribution in [-0.2, 0) is 9.53 Å². The minimum Gasteiger partial charge on any atom is -0.478 e. The second-order valence-corrected chi connectivity index (χ2v) is 9.15. The minimum absolute atomic E-state index is 0.0417. The van der Waals surface area contributed by atoms with Crippen molar-refractivity contribution in [2.45, 2.75) is 31.7 Å². The third-order valence-corrected chi connectivity index (χ3v) is 6.69. The highest BCUT2D eigenvalue weighted by molar-refractivity contribution is 9.10. The molecule has 0 unspecified atom stereocenters. The number of amides is 2. The molecule has 1 aliphatic carbocycles. The van der Waals surface area contributed by atoms with Gasteiger partial charge in [-0.15, -0.1) is 0 Å². The summed E-state index contributed by atoms with van der Waals surface area (Å²) in [6, 6.07) is 19.6. The van der Waals surface area contributed by atoms with Crippen LogP contribution < -0.4 is 10.6 Å². The smallest absolute Gasteiger partial charge is 0.407 e. The molecular weight excluding hydrogens is 512 g/mol. The third-order valence-electron chi connectivity index (χ3n) is 6.00. The number of fused-ring (bicyclic) bond motifs is 3. The number of carboxylic acid groups (broad SMARTS) is 1. The van der Waals surface area contributed by atoms with Crippen LogP contribution in [0.3, 0.4) is 0 Å². The van der Waals surface area contributed by atoms with Gasteiger partial charge in [-0.2, -0.15) is 0 Å². The summed E-state index contributed by atoms with van der Waals surface area (Å²) in [6.45, 7) is 2.05. The summed E-state index contributed by atoms with van der Waals surface area (Å²) < 4.78 is 6.11. The highest BCUT2D eigenvalue weighted by atomic mass is 79.9. The fourth-order valence-corrected chi connectivity index (χ4v) is 4.66. The van der Waals surface area contributed by atoms with Crippen molar-refractivity contribution in [2.75, 3.05) is 11.9 Å². The summed E-state index contributed by atoms with van der Waals surface area (Å²) >= 11 is 3.32. The van der Waals surface area contributed by atoms with Crippen LogP contribution in [0.5, 0.6) is 0 Å². The first-order valence-electron chi connectivity index (χ1n) is 11.3. The van der Waals surface area contributed by atoms with Gasteiger partial charge in [0.1, 0.15) is 12.6 Å². The Labute approximate surface area is 211 Å². The molecule has 180 valence electrons. The molecule has 4 rings (SSSR count). The van der Waals surface area contributed by atoms with Crippen LogP contribution in [0.1, 0.15) is 47.2 Å². The van der Waals surface area contributed by atoms with Crippen molar-refractivity contribution in [2.24, 2.45) is 0 Å². The fourth-order valence-electron chi connectivity index (χ4n) is 4.31. The number of halogens is 1. The first-order valence-corrected chi connectivity index (χ1v) is 12.1. The molecule has 0 saturated heterocycles. The molecule has 3 N–H and O–H groups in total. The van der Waals surface area contributed by atoms with Crippen LogP contribution in [0, 0.1) is 0 Å². The van der Waals surface area contributed by atoms with Crippen molar-refractivity contribution in [1.82, 2.24) is 5.32 Å². The zero-order valence-corrected chi connectivity index (χ0v) is 20.7. The number of benzene rings is 3. The van der Waals surface area contributed by atoms with Gasteiger partial charge in [0, 0.05) is 10.4 Å². The summed E-state index contributed by atoms with van der Waals surface area (Å²) in [7, 11) is 0. The first kappa shape index (κ1) is 24.5. The van der Waals surface area contributed by atoms with Crippen molar-refractivity contribution < 1.29 is 24.2 Å². The van der Waals surface area contributed by atoms with E-state index in [9.17, 15) is 19.5 Å². The van der Waals surface area contributed by atoms with E-state index in [-0.39, 0.29) is 18.1 Å². The van der Waals surface area contributed by atoms with Gasteiger partial charge < -0.3 is 20.5 Å². The number of hydrogen-bond acceptors (Lipinski definition) is 4. The van der Waals surface area contributed by atoms with E-state index in [0.29, 0.717) is 23.0 Å². The normalized spacial score (nSPS) is 12.9. The van der Waals surface area contributed by atoms with Gasteiger partial charge in [0.25, 0.3) is 0 Å². The number of carbonyl (C=O) groups excluding carboxylic acids is 2. The molecule has 0 radical (unpaired) electrons. The Kier molecular flexibility index (Phi) is 7.51. The highest BCUT2D eigenvalue weighted by Crippen LogP contribution is 2.44. The molecule has 35 heavy (non-hydrogen) atoms. The molecule has 0 saturated carbocycles. The molecule has 3 aromatic carbocycles. The van der Waals surface area contributed by atoms with E-state index in [0.717, 1.165) is 22.3 Å². The number of nitrogens with one attached hydrogen (secondary N) is 2. The van der Waals surface area contributed by atoms with Crippen molar-refractivity contribution >= 4 is 39.6 Å². The molecule has 1 atom stereocenters. The van der Waals surface area contributed by atoms with Gasteiger partial charge in [-0.1, -0.05) is 61.9 Å². The average molecular weight is 537 g/mol. The molecule has 7 nitrogen and oxygen atoms in total. The lowest BCUT2D eigenvalue weighted by atomic mass is 9.98. The molecule has 0 heterocycles.